The number of rotatable bonds is 6. The van der Waals surface area contributed by atoms with Crippen molar-refractivity contribution < 1.29 is 4.79 Å². The molecule has 0 radical (unpaired) electrons. The Morgan fingerprint density at radius 1 is 1.58 bits per heavy atom. The molecule has 19 heavy (non-hydrogen) atoms. The van der Waals surface area contributed by atoms with E-state index in [1.165, 1.54) is 24.4 Å². The van der Waals surface area contributed by atoms with E-state index in [9.17, 15) is 4.79 Å². The third-order valence-electron chi connectivity index (χ3n) is 3.49. The van der Waals surface area contributed by atoms with Crippen LogP contribution >= 0.6 is 11.5 Å². The minimum absolute atomic E-state index is 0.0118. The maximum atomic E-state index is 12.0. The van der Waals surface area contributed by atoms with E-state index in [0.29, 0.717) is 10.8 Å². The molecule has 5 nitrogen and oxygen atoms in total. The second-order valence-corrected chi connectivity index (χ2v) is 5.81. The van der Waals surface area contributed by atoms with Crippen molar-refractivity contribution in [2.24, 2.45) is 5.92 Å². The largest absolute Gasteiger partial charge is 0.351 e. The first kappa shape index (κ1) is 14.4. The Kier molecular flexibility index (Phi) is 5.72. The van der Waals surface area contributed by atoms with Crippen molar-refractivity contribution in [1.82, 2.24) is 20.2 Å². The number of hydrogen-bond acceptors (Lipinski definition) is 5. The first-order chi connectivity index (χ1) is 9.31. The van der Waals surface area contributed by atoms with Gasteiger partial charge in [-0.3, -0.25) is 4.79 Å². The molecule has 1 amide bonds. The highest BCUT2D eigenvalue weighted by Crippen LogP contribution is 2.14. The topological polar surface area (TPSA) is 66.9 Å². The number of nitrogens with one attached hydrogen (secondary N) is 2. The van der Waals surface area contributed by atoms with Crippen LogP contribution in [0, 0.1) is 5.92 Å². The zero-order chi connectivity index (χ0) is 13.5. The Bertz CT molecular complexity index is 401. The molecule has 2 N–H and O–H groups in total. The Hall–Kier alpha value is -1.01. The van der Waals surface area contributed by atoms with Crippen LogP contribution in [-0.4, -0.2) is 35.1 Å². The Morgan fingerprint density at radius 3 is 3.21 bits per heavy atom. The quantitative estimate of drug-likeness (QED) is 0.832. The minimum atomic E-state index is -0.0118. The molecular formula is C13H22N4OS. The summed E-state index contributed by atoms with van der Waals surface area (Å²) >= 11 is 1.20. The fraction of sp³-hybridized carbons (Fsp3) is 0.769. The number of nitrogens with zero attached hydrogens (tertiary/aromatic N) is 2. The van der Waals surface area contributed by atoms with Gasteiger partial charge in [0, 0.05) is 6.54 Å². The Labute approximate surface area is 118 Å². The van der Waals surface area contributed by atoms with Gasteiger partial charge in [-0.1, -0.05) is 17.8 Å². The third-order valence-corrected chi connectivity index (χ3v) is 4.25. The second-order valence-electron chi connectivity index (χ2n) is 5.06. The normalized spacial score (nSPS) is 19.3. The molecule has 2 rings (SSSR count). The van der Waals surface area contributed by atoms with Gasteiger partial charge in [0.05, 0.1) is 5.69 Å². The van der Waals surface area contributed by atoms with Gasteiger partial charge < -0.3 is 10.6 Å². The Morgan fingerprint density at radius 2 is 2.47 bits per heavy atom. The van der Waals surface area contributed by atoms with Crippen LogP contribution in [0.3, 0.4) is 0 Å². The van der Waals surface area contributed by atoms with Crippen LogP contribution in [0.4, 0.5) is 0 Å². The van der Waals surface area contributed by atoms with Gasteiger partial charge in [0.2, 0.25) is 0 Å². The van der Waals surface area contributed by atoms with Crippen molar-refractivity contribution in [3.63, 3.8) is 0 Å². The molecule has 106 valence electrons. The molecule has 0 spiro atoms. The number of hydrogen-bond donors (Lipinski definition) is 2. The predicted octanol–water partition coefficient (Wildman–Crippen LogP) is 1.61. The van der Waals surface area contributed by atoms with Crippen molar-refractivity contribution in [1.29, 1.82) is 0 Å². The molecule has 1 unspecified atom stereocenters. The number of amides is 1. The molecule has 1 aliphatic rings. The number of piperidine rings is 1. The van der Waals surface area contributed by atoms with Crippen LogP contribution in [0.5, 0.6) is 0 Å². The SMILES string of the molecule is CCCc1nnsc1C(=O)NCCC1CCCNC1. The van der Waals surface area contributed by atoms with Crippen LogP contribution in [0.15, 0.2) is 0 Å². The van der Waals surface area contributed by atoms with Crippen molar-refractivity contribution in [2.75, 3.05) is 19.6 Å². The van der Waals surface area contributed by atoms with E-state index in [-0.39, 0.29) is 5.91 Å². The summed E-state index contributed by atoms with van der Waals surface area (Å²) in [6.45, 7) is 5.04. The van der Waals surface area contributed by atoms with E-state index in [4.69, 9.17) is 0 Å². The van der Waals surface area contributed by atoms with Gasteiger partial charge in [0.1, 0.15) is 4.88 Å². The summed E-state index contributed by atoms with van der Waals surface area (Å²) in [5.74, 6) is 0.686. The molecule has 0 aliphatic carbocycles. The lowest BCUT2D eigenvalue weighted by atomic mass is 9.96. The van der Waals surface area contributed by atoms with Crippen molar-refractivity contribution in [3.8, 4) is 0 Å². The van der Waals surface area contributed by atoms with Crippen molar-refractivity contribution >= 4 is 17.4 Å². The summed E-state index contributed by atoms with van der Waals surface area (Å²) in [4.78, 5) is 12.7. The average Bonchev–Trinajstić information content (AvgIpc) is 2.89. The predicted molar refractivity (Wildman–Crippen MR) is 76.4 cm³/mol. The molecular weight excluding hydrogens is 260 g/mol. The van der Waals surface area contributed by atoms with Gasteiger partial charge in [-0.2, -0.15) is 0 Å². The highest BCUT2D eigenvalue weighted by molar-refractivity contribution is 7.08. The molecule has 1 atom stereocenters. The van der Waals surface area contributed by atoms with Crippen LogP contribution in [-0.2, 0) is 6.42 Å². The summed E-state index contributed by atoms with van der Waals surface area (Å²) in [5.41, 5.74) is 0.837. The van der Waals surface area contributed by atoms with E-state index >= 15 is 0 Å². The highest BCUT2D eigenvalue weighted by atomic mass is 32.1. The summed E-state index contributed by atoms with van der Waals surface area (Å²) < 4.78 is 3.88. The van der Waals surface area contributed by atoms with Gasteiger partial charge in [-0.25, -0.2) is 0 Å². The van der Waals surface area contributed by atoms with Gasteiger partial charge in [-0.05, 0) is 56.2 Å². The fourth-order valence-corrected chi connectivity index (χ4v) is 3.05. The van der Waals surface area contributed by atoms with Crippen LogP contribution in [0.25, 0.3) is 0 Å². The van der Waals surface area contributed by atoms with E-state index in [0.717, 1.165) is 44.6 Å². The number of carbonyl (C=O) groups excluding carboxylic acids is 1. The Balaban J connectivity index is 1.75. The van der Waals surface area contributed by atoms with Gasteiger partial charge >= 0.3 is 0 Å². The molecule has 1 aliphatic heterocycles. The van der Waals surface area contributed by atoms with Gasteiger partial charge in [0.15, 0.2) is 0 Å². The molecule has 1 fully saturated rings. The second kappa shape index (κ2) is 7.55. The van der Waals surface area contributed by atoms with Crippen molar-refractivity contribution in [3.05, 3.63) is 10.6 Å². The zero-order valence-electron chi connectivity index (χ0n) is 11.4. The molecule has 6 heteroatoms. The van der Waals surface area contributed by atoms with Gasteiger partial charge in [0.25, 0.3) is 5.91 Å². The lowest BCUT2D eigenvalue weighted by molar-refractivity contribution is 0.0953. The number of aryl methyl sites for hydroxylation is 1. The first-order valence-electron chi connectivity index (χ1n) is 7.11. The van der Waals surface area contributed by atoms with Crippen LogP contribution < -0.4 is 10.6 Å². The van der Waals surface area contributed by atoms with Crippen LogP contribution in [0.1, 0.15) is 48.0 Å². The summed E-state index contributed by atoms with van der Waals surface area (Å²) in [5, 5.41) is 10.4. The summed E-state index contributed by atoms with van der Waals surface area (Å²) in [6, 6.07) is 0. The molecule has 1 aromatic rings. The molecule has 0 saturated carbocycles. The summed E-state index contributed by atoms with van der Waals surface area (Å²) in [7, 11) is 0. The van der Waals surface area contributed by atoms with E-state index in [1.807, 2.05) is 0 Å². The van der Waals surface area contributed by atoms with E-state index in [2.05, 4.69) is 27.1 Å². The minimum Gasteiger partial charge on any atom is -0.351 e. The molecule has 1 saturated heterocycles. The fourth-order valence-electron chi connectivity index (χ4n) is 2.42. The van der Waals surface area contributed by atoms with Gasteiger partial charge in [-0.15, -0.1) is 5.10 Å². The van der Waals surface area contributed by atoms with Crippen LogP contribution in [0.2, 0.25) is 0 Å². The highest BCUT2D eigenvalue weighted by Gasteiger charge is 2.16. The lowest BCUT2D eigenvalue weighted by Gasteiger charge is -2.22. The average molecular weight is 282 g/mol. The number of carbonyl (C=O) groups is 1. The molecule has 1 aromatic heterocycles. The van der Waals surface area contributed by atoms with Crippen molar-refractivity contribution in [2.45, 2.75) is 39.0 Å². The molecule has 2 heterocycles. The molecule has 0 aromatic carbocycles. The van der Waals surface area contributed by atoms with E-state index in [1.54, 1.807) is 0 Å². The first-order valence-corrected chi connectivity index (χ1v) is 7.88. The standard InChI is InChI=1S/C13H22N4OS/c1-2-4-11-12(19-17-16-11)13(18)15-8-6-10-5-3-7-14-9-10/h10,14H,2-9H2,1H3,(H,15,18). The summed E-state index contributed by atoms with van der Waals surface area (Å²) in [6.07, 6.45) is 5.38. The smallest absolute Gasteiger partial charge is 0.264 e. The maximum Gasteiger partial charge on any atom is 0.264 e. The monoisotopic (exact) mass is 282 g/mol. The molecule has 0 bridgehead atoms. The lowest BCUT2D eigenvalue weighted by Crippen LogP contribution is -2.33. The maximum absolute atomic E-state index is 12.0. The van der Waals surface area contributed by atoms with E-state index < -0.39 is 0 Å². The zero-order valence-corrected chi connectivity index (χ0v) is 12.3. The number of aromatic nitrogens is 2. The third kappa shape index (κ3) is 4.24.